The maximum Gasteiger partial charge on any atom is 0.138 e. The molecule has 1 saturated heterocycles. The van der Waals surface area contributed by atoms with Crippen LogP contribution in [0.3, 0.4) is 0 Å². The Kier molecular flexibility index (Phi) is 4.72. The summed E-state index contributed by atoms with van der Waals surface area (Å²) in [6.45, 7) is 6.81. The van der Waals surface area contributed by atoms with Crippen molar-refractivity contribution in [1.29, 1.82) is 0 Å². The molecule has 1 N–H and O–H groups in total. The molecule has 1 aliphatic rings. The fourth-order valence-corrected chi connectivity index (χ4v) is 3.15. The fraction of sp³-hybridized carbons (Fsp3) is 0.368. The highest BCUT2D eigenvalue weighted by molar-refractivity contribution is 5.57. The van der Waals surface area contributed by atoms with Gasteiger partial charge in [-0.15, -0.1) is 0 Å². The maximum atomic E-state index is 9.99. The van der Waals surface area contributed by atoms with Crippen molar-refractivity contribution in [2.24, 2.45) is 0 Å². The minimum absolute atomic E-state index is 0.362. The third kappa shape index (κ3) is 3.59. The Morgan fingerprint density at radius 3 is 2.48 bits per heavy atom. The van der Waals surface area contributed by atoms with Crippen LogP contribution in [0.1, 0.15) is 11.1 Å². The number of hydrogen-bond donors (Lipinski definition) is 1. The molecule has 0 aliphatic carbocycles. The van der Waals surface area contributed by atoms with E-state index in [9.17, 15) is 5.11 Å². The summed E-state index contributed by atoms with van der Waals surface area (Å²) >= 11 is 0. The SMILES string of the molecule is COc1ccc(C)cc1CN1CCN(c2ccccc2O)CC1. The monoisotopic (exact) mass is 312 g/mol. The third-order valence-corrected chi connectivity index (χ3v) is 4.42. The van der Waals surface area contributed by atoms with Crippen LogP contribution in [0, 0.1) is 6.92 Å². The molecule has 0 atom stereocenters. The molecule has 0 unspecified atom stereocenters. The van der Waals surface area contributed by atoms with E-state index in [1.54, 1.807) is 13.2 Å². The van der Waals surface area contributed by atoms with Crippen LogP contribution < -0.4 is 9.64 Å². The molecule has 0 bridgehead atoms. The first-order chi connectivity index (χ1) is 11.2. The summed E-state index contributed by atoms with van der Waals surface area (Å²) in [5, 5.41) is 9.99. The zero-order chi connectivity index (χ0) is 16.2. The Labute approximate surface area is 137 Å². The minimum atomic E-state index is 0.362. The van der Waals surface area contributed by atoms with Crippen molar-refractivity contribution in [3.63, 3.8) is 0 Å². The molecule has 3 rings (SSSR count). The van der Waals surface area contributed by atoms with Crippen LogP contribution in [-0.2, 0) is 6.54 Å². The van der Waals surface area contributed by atoms with Gasteiger partial charge in [-0.1, -0.05) is 29.8 Å². The molecule has 0 saturated carbocycles. The van der Waals surface area contributed by atoms with Gasteiger partial charge in [-0.3, -0.25) is 4.90 Å². The number of ether oxygens (including phenoxy) is 1. The summed E-state index contributed by atoms with van der Waals surface area (Å²) < 4.78 is 5.48. The smallest absolute Gasteiger partial charge is 0.138 e. The molecule has 4 nitrogen and oxygen atoms in total. The van der Waals surface area contributed by atoms with Crippen LogP contribution in [0.15, 0.2) is 42.5 Å². The van der Waals surface area contributed by atoms with Crippen LogP contribution in [0.4, 0.5) is 5.69 Å². The number of anilines is 1. The summed E-state index contributed by atoms with van der Waals surface area (Å²) in [5.41, 5.74) is 3.43. The summed E-state index contributed by atoms with van der Waals surface area (Å²) in [6.07, 6.45) is 0. The third-order valence-electron chi connectivity index (χ3n) is 4.42. The van der Waals surface area contributed by atoms with E-state index in [-0.39, 0.29) is 0 Å². The second-order valence-electron chi connectivity index (χ2n) is 6.07. The number of phenols is 1. The van der Waals surface area contributed by atoms with Crippen molar-refractivity contribution in [2.45, 2.75) is 13.5 Å². The molecule has 0 amide bonds. The predicted octanol–water partition coefficient (Wildman–Crippen LogP) is 3.03. The first-order valence-corrected chi connectivity index (χ1v) is 8.06. The number of methoxy groups -OCH3 is 1. The largest absolute Gasteiger partial charge is 0.506 e. The molecular weight excluding hydrogens is 288 g/mol. The average Bonchev–Trinajstić information content (AvgIpc) is 2.56. The summed E-state index contributed by atoms with van der Waals surface area (Å²) in [7, 11) is 1.73. The van der Waals surface area contributed by atoms with E-state index in [1.165, 1.54) is 11.1 Å². The van der Waals surface area contributed by atoms with Crippen LogP contribution in [0.2, 0.25) is 0 Å². The van der Waals surface area contributed by atoms with Gasteiger partial charge in [-0.2, -0.15) is 0 Å². The Hall–Kier alpha value is -2.20. The second-order valence-corrected chi connectivity index (χ2v) is 6.07. The van der Waals surface area contributed by atoms with E-state index in [2.05, 4.69) is 28.9 Å². The van der Waals surface area contributed by atoms with Gasteiger partial charge < -0.3 is 14.7 Å². The highest BCUT2D eigenvalue weighted by atomic mass is 16.5. The van der Waals surface area contributed by atoms with E-state index in [0.29, 0.717) is 5.75 Å². The van der Waals surface area contributed by atoms with E-state index in [4.69, 9.17) is 4.74 Å². The van der Waals surface area contributed by atoms with E-state index >= 15 is 0 Å². The quantitative estimate of drug-likeness (QED) is 0.941. The van der Waals surface area contributed by atoms with Gasteiger partial charge in [0.05, 0.1) is 12.8 Å². The second kappa shape index (κ2) is 6.92. The van der Waals surface area contributed by atoms with Gasteiger partial charge in [0.2, 0.25) is 0 Å². The molecular formula is C19H24N2O2. The number of benzene rings is 2. The number of phenolic OH excluding ortho intramolecular Hbond substituents is 1. The lowest BCUT2D eigenvalue weighted by atomic mass is 10.1. The normalized spacial score (nSPS) is 15.7. The molecule has 1 fully saturated rings. The Morgan fingerprint density at radius 2 is 1.78 bits per heavy atom. The zero-order valence-corrected chi connectivity index (χ0v) is 13.8. The highest BCUT2D eigenvalue weighted by Gasteiger charge is 2.20. The van der Waals surface area contributed by atoms with Gasteiger partial charge >= 0.3 is 0 Å². The van der Waals surface area contributed by atoms with Crippen LogP contribution in [-0.4, -0.2) is 43.3 Å². The highest BCUT2D eigenvalue weighted by Crippen LogP contribution is 2.28. The molecule has 23 heavy (non-hydrogen) atoms. The van der Waals surface area contributed by atoms with Crippen molar-refractivity contribution in [3.05, 3.63) is 53.6 Å². The fourth-order valence-electron chi connectivity index (χ4n) is 3.15. The molecule has 122 valence electrons. The molecule has 4 heteroatoms. The number of aryl methyl sites for hydroxylation is 1. The lowest BCUT2D eigenvalue weighted by Gasteiger charge is -2.36. The van der Waals surface area contributed by atoms with Crippen molar-refractivity contribution >= 4 is 5.69 Å². The molecule has 1 heterocycles. The van der Waals surface area contributed by atoms with E-state index < -0.39 is 0 Å². The summed E-state index contributed by atoms with van der Waals surface area (Å²) in [5.74, 6) is 1.32. The van der Waals surface area contributed by atoms with Crippen molar-refractivity contribution in [1.82, 2.24) is 4.90 Å². The van der Waals surface area contributed by atoms with Gasteiger partial charge in [0, 0.05) is 38.3 Å². The summed E-state index contributed by atoms with van der Waals surface area (Å²) in [4.78, 5) is 4.69. The Morgan fingerprint density at radius 1 is 1.04 bits per heavy atom. The molecule has 0 spiro atoms. The predicted molar refractivity (Wildman–Crippen MR) is 93.3 cm³/mol. The number of para-hydroxylation sites is 2. The minimum Gasteiger partial charge on any atom is -0.506 e. The topological polar surface area (TPSA) is 35.9 Å². The van der Waals surface area contributed by atoms with Crippen molar-refractivity contribution < 1.29 is 9.84 Å². The number of piperazine rings is 1. The van der Waals surface area contributed by atoms with Crippen molar-refractivity contribution in [2.75, 3.05) is 38.2 Å². The number of aromatic hydroxyl groups is 1. The molecule has 1 aliphatic heterocycles. The Bertz CT molecular complexity index is 664. The maximum absolute atomic E-state index is 9.99. The van der Waals surface area contributed by atoms with E-state index in [1.807, 2.05) is 24.3 Å². The Balaban J connectivity index is 1.64. The van der Waals surface area contributed by atoms with Gasteiger partial charge in [-0.05, 0) is 25.1 Å². The van der Waals surface area contributed by atoms with Gasteiger partial charge in [-0.25, -0.2) is 0 Å². The lowest BCUT2D eigenvalue weighted by molar-refractivity contribution is 0.245. The van der Waals surface area contributed by atoms with Crippen LogP contribution >= 0.6 is 0 Å². The standard InChI is InChI=1S/C19H24N2O2/c1-15-7-8-19(23-2)16(13-15)14-20-9-11-21(12-10-20)17-5-3-4-6-18(17)22/h3-8,13,22H,9-12,14H2,1-2H3. The molecule has 0 radical (unpaired) electrons. The van der Waals surface area contributed by atoms with Crippen LogP contribution in [0.25, 0.3) is 0 Å². The number of nitrogens with zero attached hydrogens (tertiary/aromatic N) is 2. The van der Waals surface area contributed by atoms with Crippen LogP contribution in [0.5, 0.6) is 11.5 Å². The van der Waals surface area contributed by atoms with E-state index in [0.717, 1.165) is 44.2 Å². The summed E-state index contributed by atoms with van der Waals surface area (Å²) in [6, 6.07) is 13.9. The molecule has 2 aromatic carbocycles. The molecule has 2 aromatic rings. The van der Waals surface area contributed by atoms with Crippen molar-refractivity contribution in [3.8, 4) is 11.5 Å². The lowest BCUT2D eigenvalue weighted by Crippen LogP contribution is -2.46. The average molecular weight is 312 g/mol. The molecule has 0 aromatic heterocycles. The van der Waals surface area contributed by atoms with Gasteiger partial charge in [0.15, 0.2) is 0 Å². The number of rotatable bonds is 4. The van der Waals surface area contributed by atoms with Gasteiger partial charge in [0.1, 0.15) is 11.5 Å². The first-order valence-electron chi connectivity index (χ1n) is 8.06. The zero-order valence-electron chi connectivity index (χ0n) is 13.8. The van der Waals surface area contributed by atoms with Gasteiger partial charge in [0.25, 0.3) is 0 Å². The first kappa shape index (κ1) is 15.7. The number of hydrogen-bond acceptors (Lipinski definition) is 4.